The average Bonchev–Trinajstić information content (AvgIpc) is 2.61. The van der Waals surface area contributed by atoms with Crippen molar-refractivity contribution in [3.8, 4) is 0 Å². The van der Waals surface area contributed by atoms with E-state index in [4.69, 9.17) is 16.2 Å². The van der Waals surface area contributed by atoms with Crippen molar-refractivity contribution < 1.29 is 9.53 Å². The van der Waals surface area contributed by atoms with Gasteiger partial charge in [0.1, 0.15) is 12.3 Å². The van der Waals surface area contributed by atoms with Gasteiger partial charge in [-0.25, -0.2) is 4.79 Å². The van der Waals surface area contributed by atoms with Crippen LogP contribution in [0.25, 0.3) is 5.57 Å². The van der Waals surface area contributed by atoms with Gasteiger partial charge in [-0.2, -0.15) is 0 Å². The maximum Gasteiger partial charge on any atom is 0.409 e. The summed E-state index contributed by atoms with van der Waals surface area (Å²) in [4.78, 5) is 12.2. The third kappa shape index (κ3) is 4.08. The second kappa shape index (κ2) is 7.23. The molecular formula is C20H21N3O2. The van der Waals surface area contributed by atoms with Crippen LogP contribution in [-0.2, 0) is 11.3 Å². The Kier molecular flexibility index (Phi) is 4.86. The van der Waals surface area contributed by atoms with E-state index < -0.39 is 11.8 Å². The maximum atomic E-state index is 12.2. The van der Waals surface area contributed by atoms with Crippen LogP contribution in [-0.4, -0.2) is 11.8 Å². The van der Waals surface area contributed by atoms with Gasteiger partial charge in [-0.3, -0.25) is 5.32 Å². The van der Waals surface area contributed by atoms with E-state index in [1.807, 2.05) is 72.8 Å². The first-order valence-electron chi connectivity index (χ1n) is 8.08. The Labute approximate surface area is 147 Å². The second-order valence-electron chi connectivity index (χ2n) is 6.00. The van der Waals surface area contributed by atoms with Gasteiger partial charge in [0.2, 0.25) is 0 Å². The van der Waals surface area contributed by atoms with Gasteiger partial charge in [-0.15, -0.1) is 0 Å². The molecule has 0 heterocycles. The molecule has 5 N–H and O–H groups in total. The molecule has 0 bridgehead atoms. The number of alkyl carbamates (subject to hydrolysis) is 1. The van der Waals surface area contributed by atoms with Crippen molar-refractivity contribution in [1.82, 2.24) is 5.32 Å². The van der Waals surface area contributed by atoms with E-state index in [1.54, 1.807) is 0 Å². The number of hydrogen-bond donors (Lipinski definition) is 3. The zero-order valence-electron chi connectivity index (χ0n) is 13.8. The first kappa shape index (κ1) is 16.8. The highest BCUT2D eigenvalue weighted by atomic mass is 16.5. The van der Waals surface area contributed by atoms with Crippen molar-refractivity contribution in [3.63, 3.8) is 0 Å². The molecule has 1 unspecified atom stereocenters. The van der Waals surface area contributed by atoms with E-state index >= 15 is 0 Å². The quantitative estimate of drug-likeness (QED) is 0.591. The number of nitrogens with one attached hydrogen (secondary N) is 1. The standard InChI is InChI=1S/C20H21N3O2/c21-17-10-6-9-16(13-17)18-11-4-5-12-20(18,22)23-19(24)25-14-15-7-2-1-3-8-15/h1-11,13H,12,14,21-22H2,(H,23,24). The molecule has 1 aliphatic carbocycles. The van der Waals surface area contributed by atoms with E-state index in [0.29, 0.717) is 12.1 Å². The highest BCUT2D eigenvalue weighted by Gasteiger charge is 2.33. The summed E-state index contributed by atoms with van der Waals surface area (Å²) in [5.74, 6) is 0. The molecule has 5 nitrogen and oxygen atoms in total. The van der Waals surface area contributed by atoms with Gasteiger partial charge in [0.05, 0.1) is 0 Å². The van der Waals surface area contributed by atoms with Crippen LogP contribution in [0.1, 0.15) is 17.5 Å². The van der Waals surface area contributed by atoms with Crippen LogP contribution in [0.2, 0.25) is 0 Å². The monoisotopic (exact) mass is 335 g/mol. The zero-order chi connectivity index (χ0) is 17.7. The molecule has 2 aromatic rings. The van der Waals surface area contributed by atoms with E-state index in [1.165, 1.54) is 0 Å². The highest BCUT2D eigenvalue weighted by molar-refractivity contribution is 5.81. The number of rotatable bonds is 4. The second-order valence-corrected chi connectivity index (χ2v) is 6.00. The van der Waals surface area contributed by atoms with Crippen molar-refractivity contribution in [2.45, 2.75) is 18.7 Å². The Morgan fingerprint density at radius 1 is 1.16 bits per heavy atom. The molecule has 0 aromatic heterocycles. The SMILES string of the molecule is Nc1cccc(C2=CC=CCC2(N)NC(=O)OCc2ccccc2)c1. The normalized spacial score (nSPS) is 19.2. The summed E-state index contributed by atoms with van der Waals surface area (Å²) in [6.07, 6.45) is 5.62. The summed E-state index contributed by atoms with van der Waals surface area (Å²) in [6.45, 7) is 0.190. The molecule has 128 valence electrons. The fraction of sp³-hybridized carbons (Fsp3) is 0.150. The molecule has 0 fully saturated rings. The predicted molar refractivity (Wildman–Crippen MR) is 99.3 cm³/mol. The molecule has 1 aliphatic rings. The number of carbonyl (C=O) groups excluding carboxylic acids is 1. The Morgan fingerprint density at radius 2 is 1.96 bits per heavy atom. The maximum absolute atomic E-state index is 12.2. The number of allylic oxidation sites excluding steroid dienone is 2. The molecule has 1 atom stereocenters. The summed E-state index contributed by atoms with van der Waals surface area (Å²) in [5.41, 5.74) is 14.5. The third-order valence-electron chi connectivity index (χ3n) is 4.05. The van der Waals surface area contributed by atoms with Gasteiger partial charge in [0, 0.05) is 12.1 Å². The van der Waals surface area contributed by atoms with Gasteiger partial charge in [0.15, 0.2) is 0 Å². The Bertz CT molecular complexity index is 815. The minimum Gasteiger partial charge on any atom is -0.445 e. The lowest BCUT2D eigenvalue weighted by Crippen LogP contribution is -2.57. The van der Waals surface area contributed by atoms with Crippen LogP contribution in [0, 0.1) is 0 Å². The number of nitrogens with two attached hydrogens (primary N) is 2. The van der Waals surface area contributed by atoms with Gasteiger partial charge in [0.25, 0.3) is 0 Å². The van der Waals surface area contributed by atoms with Crippen LogP contribution in [0.15, 0.2) is 72.8 Å². The topological polar surface area (TPSA) is 90.4 Å². The van der Waals surface area contributed by atoms with Crippen molar-refractivity contribution in [1.29, 1.82) is 0 Å². The Balaban J connectivity index is 1.72. The van der Waals surface area contributed by atoms with Gasteiger partial charge >= 0.3 is 6.09 Å². The summed E-state index contributed by atoms with van der Waals surface area (Å²) in [7, 11) is 0. The number of nitrogen functional groups attached to an aromatic ring is 1. The first-order chi connectivity index (χ1) is 12.1. The van der Waals surface area contributed by atoms with E-state index in [2.05, 4.69) is 5.32 Å². The number of carbonyl (C=O) groups is 1. The summed E-state index contributed by atoms with van der Waals surface area (Å²) in [5, 5.41) is 2.79. The molecule has 25 heavy (non-hydrogen) atoms. The summed E-state index contributed by atoms with van der Waals surface area (Å²) < 4.78 is 5.30. The molecule has 2 aromatic carbocycles. The number of ether oxygens (including phenoxy) is 1. The average molecular weight is 335 g/mol. The highest BCUT2D eigenvalue weighted by Crippen LogP contribution is 2.30. The van der Waals surface area contributed by atoms with Gasteiger partial charge < -0.3 is 16.2 Å². The van der Waals surface area contributed by atoms with Gasteiger partial charge in [-0.1, -0.05) is 60.7 Å². The lowest BCUT2D eigenvalue weighted by molar-refractivity contribution is 0.132. The fourth-order valence-corrected chi connectivity index (χ4v) is 2.80. The number of anilines is 1. The van der Waals surface area contributed by atoms with Crippen molar-refractivity contribution in [2.24, 2.45) is 5.73 Å². The molecule has 0 saturated heterocycles. The molecule has 0 spiro atoms. The van der Waals surface area contributed by atoms with Gasteiger partial charge in [-0.05, 0) is 28.8 Å². The number of amides is 1. The summed E-state index contributed by atoms with van der Waals surface area (Å²) in [6, 6.07) is 16.9. The summed E-state index contributed by atoms with van der Waals surface area (Å²) >= 11 is 0. The molecular weight excluding hydrogens is 314 g/mol. The van der Waals surface area contributed by atoms with Crippen molar-refractivity contribution >= 4 is 17.4 Å². The van der Waals surface area contributed by atoms with E-state index in [9.17, 15) is 4.79 Å². The molecule has 3 rings (SSSR count). The molecule has 0 aliphatic heterocycles. The van der Waals surface area contributed by atoms with Crippen LogP contribution in [0.3, 0.4) is 0 Å². The molecule has 1 amide bonds. The molecule has 0 radical (unpaired) electrons. The largest absolute Gasteiger partial charge is 0.445 e. The van der Waals surface area contributed by atoms with Crippen molar-refractivity contribution in [2.75, 3.05) is 5.73 Å². The van der Waals surface area contributed by atoms with E-state index in [-0.39, 0.29) is 6.61 Å². The van der Waals surface area contributed by atoms with Crippen LogP contribution in [0.4, 0.5) is 10.5 Å². The zero-order valence-corrected chi connectivity index (χ0v) is 13.8. The lowest BCUT2D eigenvalue weighted by atomic mass is 9.87. The van der Waals surface area contributed by atoms with Crippen LogP contribution in [0.5, 0.6) is 0 Å². The first-order valence-corrected chi connectivity index (χ1v) is 8.08. The minimum atomic E-state index is -1.05. The number of benzene rings is 2. The fourth-order valence-electron chi connectivity index (χ4n) is 2.80. The molecule has 0 saturated carbocycles. The lowest BCUT2D eigenvalue weighted by Gasteiger charge is -2.34. The third-order valence-corrected chi connectivity index (χ3v) is 4.05. The number of hydrogen-bond acceptors (Lipinski definition) is 4. The molecule has 5 heteroatoms. The van der Waals surface area contributed by atoms with Crippen LogP contribution >= 0.6 is 0 Å². The van der Waals surface area contributed by atoms with Crippen molar-refractivity contribution in [3.05, 3.63) is 84.0 Å². The van der Waals surface area contributed by atoms with E-state index in [0.717, 1.165) is 16.7 Å². The minimum absolute atomic E-state index is 0.190. The Morgan fingerprint density at radius 3 is 2.72 bits per heavy atom. The Hall–Kier alpha value is -3.05. The predicted octanol–water partition coefficient (Wildman–Crippen LogP) is 3.19. The smallest absolute Gasteiger partial charge is 0.409 e. The van der Waals surface area contributed by atoms with Crippen LogP contribution < -0.4 is 16.8 Å².